The molecular weight excluding hydrogens is 273 g/mol. The van der Waals surface area contributed by atoms with Crippen LogP contribution in [0.1, 0.15) is 45.2 Å². The van der Waals surface area contributed by atoms with Gasteiger partial charge in [-0.15, -0.1) is 0 Å². The molecule has 0 saturated carbocycles. The summed E-state index contributed by atoms with van der Waals surface area (Å²) in [6, 6.07) is 6.06. The van der Waals surface area contributed by atoms with E-state index in [0.717, 1.165) is 18.3 Å². The topological polar surface area (TPSA) is 29.5 Å². The first-order valence-electron chi connectivity index (χ1n) is 7.86. The third kappa shape index (κ3) is 4.15. The van der Waals surface area contributed by atoms with E-state index in [1.165, 1.54) is 16.7 Å². The summed E-state index contributed by atoms with van der Waals surface area (Å²) in [5.41, 5.74) is 4.15. The van der Waals surface area contributed by atoms with Gasteiger partial charge in [-0.1, -0.05) is 36.7 Å². The van der Waals surface area contributed by atoms with Crippen LogP contribution < -0.4 is 5.46 Å². The molecule has 116 valence electrons. The fourth-order valence-corrected chi connectivity index (χ4v) is 2.63. The van der Waals surface area contributed by atoms with E-state index in [0.29, 0.717) is 13.1 Å². The van der Waals surface area contributed by atoms with Crippen LogP contribution in [0.5, 0.6) is 0 Å². The third-order valence-corrected chi connectivity index (χ3v) is 3.72. The zero-order valence-electron chi connectivity index (χ0n) is 14.0. The van der Waals surface area contributed by atoms with Crippen LogP contribution in [-0.2, 0) is 11.2 Å². The van der Waals surface area contributed by atoms with Gasteiger partial charge in [-0.25, -0.2) is 4.79 Å². The van der Waals surface area contributed by atoms with Crippen molar-refractivity contribution in [2.24, 2.45) is 0 Å². The van der Waals surface area contributed by atoms with E-state index in [9.17, 15) is 4.79 Å². The van der Waals surface area contributed by atoms with Gasteiger partial charge in [0.25, 0.3) is 0 Å². The zero-order valence-corrected chi connectivity index (χ0v) is 14.0. The number of benzene rings is 1. The average molecular weight is 297 g/mol. The van der Waals surface area contributed by atoms with Crippen molar-refractivity contribution >= 4 is 25.0 Å². The van der Waals surface area contributed by atoms with Gasteiger partial charge in [0.05, 0.1) is 0 Å². The lowest BCUT2D eigenvalue weighted by atomic mass is 9.87. The number of hydrogen-bond donors (Lipinski definition) is 0. The van der Waals surface area contributed by atoms with Gasteiger partial charge in [0.15, 0.2) is 0 Å². The van der Waals surface area contributed by atoms with Crippen LogP contribution >= 0.6 is 0 Å². The summed E-state index contributed by atoms with van der Waals surface area (Å²) < 4.78 is 5.42. The Labute approximate surface area is 134 Å². The van der Waals surface area contributed by atoms with E-state index in [1.54, 1.807) is 4.90 Å². The molecule has 2 rings (SSSR count). The smallest absolute Gasteiger partial charge is 0.410 e. The molecule has 0 unspecified atom stereocenters. The maximum atomic E-state index is 12.1. The molecule has 0 bridgehead atoms. The minimum absolute atomic E-state index is 0.240. The summed E-state index contributed by atoms with van der Waals surface area (Å²) in [6.45, 7) is 9.08. The van der Waals surface area contributed by atoms with Gasteiger partial charge < -0.3 is 9.64 Å². The number of amides is 1. The van der Waals surface area contributed by atoms with Gasteiger partial charge in [0, 0.05) is 13.1 Å². The molecule has 3 nitrogen and oxygen atoms in total. The molecule has 1 aliphatic rings. The number of carbonyl (C=O) groups is 1. The maximum Gasteiger partial charge on any atom is 0.410 e. The first-order chi connectivity index (χ1) is 10.3. The normalized spacial score (nSPS) is 15.5. The Hall–Kier alpha value is -1.71. The lowest BCUT2D eigenvalue weighted by molar-refractivity contribution is 0.0270. The van der Waals surface area contributed by atoms with E-state index in [4.69, 9.17) is 12.6 Å². The third-order valence-electron chi connectivity index (χ3n) is 3.72. The van der Waals surface area contributed by atoms with Crippen LogP contribution in [0, 0.1) is 0 Å². The summed E-state index contributed by atoms with van der Waals surface area (Å²) in [5, 5.41) is 0. The van der Waals surface area contributed by atoms with Gasteiger partial charge in [-0.2, -0.15) is 0 Å². The van der Waals surface area contributed by atoms with Gasteiger partial charge in [-0.05, 0) is 50.3 Å². The van der Waals surface area contributed by atoms with Gasteiger partial charge in [0.1, 0.15) is 13.4 Å². The van der Waals surface area contributed by atoms with Gasteiger partial charge >= 0.3 is 6.09 Å². The van der Waals surface area contributed by atoms with E-state index in [2.05, 4.69) is 19.1 Å². The second kappa shape index (κ2) is 6.59. The van der Waals surface area contributed by atoms with E-state index in [-0.39, 0.29) is 6.09 Å². The first-order valence-corrected chi connectivity index (χ1v) is 7.86. The van der Waals surface area contributed by atoms with Crippen LogP contribution in [0.25, 0.3) is 5.57 Å². The molecule has 22 heavy (non-hydrogen) atoms. The summed E-state index contributed by atoms with van der Waals surface area (Å²) in [7, 11) is 5.86. The summed E-state index contributed by atoms with van der Waals surface area (Å²) in [5.74, 6) is 0. The molecule has 1 aromatic carbocycles. The van der Waals surface area contributed by atoms with Crippen molar-refractivity contribution in [1.29, 1.82) is 0 Å². The number of hydrogen-bond acceptors (Lipinski definition) is 2. The molecule has 2 radical (unpaired) electrons. The molecule has 4 heteroatoms. The molecule has 0 spiro atoms. The molecule has 1 aromatic rings. The SMILES string of the molecule is [B]c1ccc(C2=CCN(C(=O)OC(C)(C)C)CC2)c(CC)c1. The highest BCUT2D eigenvalue weighted by Gasteiger charge is 2.24. The first kappa shape index (κ1) is 16.7. The largest absolute Gasteiger partial charge is 0.444 e. The summed E-state index contributed by atoms with van der Waals surface area (Å²) >= 11 is 0. The van der Waals surface area contributed by atoms with Gasteiger partial charge in [0.2, 0.25) is 0 Å². The van der Waals surface area contributed by atoms with Crippen molar-refractivity contribution in [1.82, 2.24) is 4.90 Å². The monoisotopic (exact) mass is 297 g/mol. The number of ether oxygens (including phenoxy) is 1. The van der Waals surface area contributed by atoms with Crippen LogP contribution in [-0.4, -0.2) is 37.5 Å². The molecule has 1 heterocycles. The van der Waals surface area contributed by atoms with Crippen molar-refractivity contribution in [2.45, 2.75) is 46.1 Å². The Balaban J connectivity index is 2.10. The number of carbonyl (C=O) groups excluding carboxylic acids is 1. The molecular formula is C18H24BNO2. The highest BCUT2D eigenvalue weighted by Crippen LogP contribution is 2.26. The van der Waals surface area contributed by atoms with E-state index >= 15 is 0 Å². The van der Waals surface area contributed by atoms with Crippen molar-refractivity contribution in [3.63, 3.8) is 0 Å². The second-order valence-corrected chi connectivity index (χ2v) is 6.68. The highest BCUT2D eigenvalue weighted by molar-refractivity contribution is 6.32. The van der Waals surface area contributed by atoms with Gasteiger partial charge in [-0.3, -0.25) is 0 Å². The van der Waals surface area contributed by atoms with Crippen molar-refractivity contribution in [3.8, 4) is 0 Å². The molecule has 0 saturated heterocycles. The Bertz CT molecular complexity index is 587. The highest BCUT2D eigenvalue weighted by atomic mass is 16.6. The summed E-state index contributed by atoms with van der Waals surface area (Å²) in [6.07, 6.45) is 3.68. The van der Waals surface area contributed by atoms with Crippen LogP contribution in [0.2, 0.25) is 0 Å². The zero-order chi connectivity index (χ0) is 16.3. The van der Waals surface area contributed by atoms with Crippen molar-refractivity contribution < 1.29 is 9.53 Å². The molecule has 1 amide bonds. The lowest BCUT2D eigenvalue weighted by Gasteiger charge is -2.30. The average Bonchev–Trinajstić information content (AvgIpc) is 2.45. The molecule has 0 aromatic heterocycles. The quantitative estimate of drug-likeness (QED) is 0.785. The maximum absolute atomic E-state index is 12.1. The predicted octanol–water partition coefficient (Wildman–Crippen LogP) is 3.07. The molecule has 0 aliphatic carbocycles. The standard InChI is InChI=1S/C18H24BNO2/c1-5-13-12-15(19)6-7-16(13)14-8-10-20(11-9-14)17(21)22-18(2,3)4/h6-8,12H,5,9-11H2,1-4H3. The lowest BCUT2D eigenvalue weighted by Crippen LogP contribution is -2.39. The number of nitrogens with zero attached hydrogens (tertiary/aromatic N) is 1. The Morgan fingerprint density at radius 3 is 2.64 bits per heavy atom. The second-order valence-electron chi connectivity index (χ2n) is 6.68. The minimum Gasteiger partial charge on any atom is -0.444 e. The van der Waals surface area contributed by atoms with Crippen LogP contribution in [0.15, 0.2) is 24.3 Å². The molecule has 0 atom stereocenters. The van der Waals surface area contributed by atoms with Crippen LogP contribution in [0.3, 0.4) is 0 Å². The fourth-order valence-electron chi connectivity index (χ4n) is 2.63. The molecule has 0 N–H and O–H groups in total. The minimum atomic E-state index is -0.451. The van der Waals surface area contributed by atoms with Crippen LogP contribution in [0.4, 0.5) is 4.79 Å². The number of rotatable bonds is 2. The van der Waals surface area contributed by atoms with E-state index < -0.39 is 5.60 Å². The molecule has 1 aliphatic heterocycles. The number of aryl methyl sites for hydroxylation is 1. The van der Waals surface area contributed by atoms with Crippen molar-refractivity contribution in [3.05, 3.63) is 35.4 Å². The Morgan fingerprint density at radius 1 is 1.36 bits per heavy atom. The van der Waals surface area contributed by atoms with Crippen molar-refractivity contribution in [2.75, 3.05) is 13.1 Å². The summed E-state index contributed by atoms with van der Waals surface area (Å²) in [4.78, 5) is 13.8. The fraction of sp³-hybridized carbons (Fsp3) is 0.500. The Kier molecular flexibility index (Phi) is 4.99. The predicted molar refractivity (Wildman–Crippen MR) is 91.6 cm³/mol. The Morgan fingerprint density at radius 2 is 2.09 bits per heavy atom. The van der Waals surface area contributed by atoms with E-state index in [1.807, 2.05) is 32.9 Å². The molecule has 0 fully saturated rings.